The van der Waals surface area contributed by atoms with Gasteiger partial charge in [0.15, 0.2) is 0 Å². The van der Waals surface area contributed by atoms with Gasteiger partial charge in [-0.15, -0.1) is 14.2 Å². The maximum absolute atomic E-state index is 14.6. The number of fused-ring (bicyclic) bond motifs is 2. The number of ether oxygens (including phenoxy) is 1. The summed E-state index contributed by atoms with van der Waals surface area (Å²) in [6.07, 6.45) is 3.42. The molecule has 4 bridgehead atoms. The maximum atomic E-state index is 14.6. The second-order valence-electron chi connectivity index (χ2n) is 19.2. The van der Waals surface area contributed by atoms with Crippen molar-refractivity contribution in [3.05, 3.63) is 172 Å². The number of hydrogen-bond acceptors (Lipinski definition) is 14. The maximum Gasteiger partial charge on any atom is 0.296 e. The first-order valence-corrected chi connectivity index (χ1v) is 26.9. The van der Waals surface area contributed by atoms with Crippen LogP contribution < -0.4 is 58.0 Å². The molecule has 4 aliphatic heterocycles. The van der Waals surface area contributed by atoms with Crippen molar-refractivity contribution in [2.24, 2.45) is 7.05 Å². The van der Waals surface area contributed by atoms with Crippen molar-refractivity contribution in [2.75, 3.05) is 65.7 Å². The van der Waals surface area contributed by atoms with Crippen LogP contribution >= 0.6 is 0 Å². The van der Waals surface area contributed by atoms with Crippen LogP contribution in [0.3, 0.4) is 0 Å². The van der Waals surface area contributed by atoms with E-state index in [1.807, 2.05) is 44.2 Å². The van der Waals surface area contributed by atoms with Crippen LogP contribution in [0.25, 0.3) is 0 Å². The Labute approximate surface area is 460 Å². The van der Waals surface area contributed by atoms with Crippen molar-refractivity contribution in [1.82, 2.24) is 49.8 Å². The summed E-state index contributed by atoms with van der Waals surface area (Å²) >= 11 is 0. The Bertz CT molecular complexity index is 3260. The summed E-state index contributed by atoms with van der Waals surface area (Å²) in [5.41, 5.74) is -3.18. The van der Waals surface area contributed by atoms with Crippen LogP contribution in [0.2, 0.25) is 0 Å². The molecule has 1 aromatic carbocycles. The van der Waals surface area contributed by atoms with Crippen LogP contribution in [0, 0.1) is 0 Å². The third-order valence-corrected chi connectivity index (χ3v) is 13.4. The number of amides is 6. The number of benzene rings is 1. The lowest BCUT2D eigenvalue weighted by molar-refractivity contribution is 0.0576. The quantitative estimate of drug-likeness (QED) is 0.121. The predicted molar refractivity (Wildman–Crippen MR) is 291 cm³/mol. The summed E-state index contributed by atoms with van der Waals surface area (Å²) in [5.74, 6) is -4.14. The summed E-state index contributed by atoms with van der Waals surface area (Å²) in [7, 11) is 1.48. The first kappa shape index (κ1) is 58.9. The summed E-state index contributed by atoms with van der Waals surface area (Å²) in [6, 6.07) is 20.8. The predicted octanol–water partition coefficient (Wildman–Crippen LogP) is 1.20. The van der Waals surface area contributed by atoms with E-state index < -0.39 is 69.8 Å². The fourth-order valence-corrected chi connectivity index (χ4v) is 8.85. The van der Waals surface area contributed by atoms with Gasteiger partial charge in [-0.1, -0.05) is 69.2 Å². The van der Waals surface area contributed by atoms with E-state index in [9.17, 15) is 47.9 Å². The number of carbonyl (C=O) groups is 6. The lowest BCUT2D eigenvalue weighted by Gasteiger charge is -2.26. The van der Waals surface area contributed by atoms with Crippen LogP contribution in [0.15, 0.2) is 110 Å². The molecule has 0 radical (unpaired) electrons. The molecule has 24 heteroatoms. The highest BCUT2D eigenvalue weighted by Gasteiger charge is 2.34. The van der Waals surface area contributed by atoms with Gasteiger partial charge in [-0.3, -0.25) is 47.9 Å². The molecular formula is C56H68N10O14. The number of aromatic nitrogens is 4. The van der Waals surface area contributed by atoms with Crippen LogP contribution in [0.1, 0.15) is 133 Å². The second-order valence-corrected chi connectivity index (χ2v) is 19.2. The molecule has 24 nitrogen and oxygen atoms in total. The lowest BCUT2D eigenvalue weighted by atomic mass is 10.1. The highest BCUT2D eigenvalue weighted by atomic mass is 16.7. The largest absolute Gasteiger partial charge is 0.410 e. The second kappa shape index (κ2) is 28.7. The Morgan fingerprint density at radius 2 is 1.00 bits per heavy atom. The standard InChI is InChI=1S/C56H68N10O14/c1-4-6-33-78-65-43-25-23-39(53(65)73)49(69)57-27-15-31-62(55(75)45-19-13-21-47(67)61(45)3)29-11-12-30-63(56(76)46-20-14-22-48(68)64(46)80-35-38-17-9-8-10-18-38)32-16-28-58-50(70)40-24-26-44(66(54(40)74)79-34-7-5-2)52(72)60-42-37-77-36-41(42)59-51(43)71/h8-10,13-14,17-26,41-42H,4-7,11-12,15-16,27-37H2,1-3H3,(H,57,69)(H,58,70)(H,59,71)(H,60,72)/t41-,42+/m0/s1. The molecule has 0 spiro atoms. The minimum absolute atomic E-state index is 0.00158. The van der Waals surface area contributed by atoms with E-state index in [1.165, 1.54) is 82.1 Å². The highest BCUT2D eigenvalue weighted by molar-refractivity contribution is 5.98. The minimum atomic E-state index is -0.923. The van der Waals surface area contributed by atoms with E-state index >= 15 is 0 Å². The van der Waals surface area contributed by atoms with Gasteiger partial charge in [0.05, 0.1) is 25.3 Å². The van der Waals surface area contributed by atoms with Crippen LogP contribution in [-0.2, 0) is 18.4 Å². The fourth-order valence-electron chi connectivity index (χ4n) is 8.85. The van der Waals surface area contributed by atoms with Crippen molar-refractivity contribution in [1.29, 1.82) is 0 Å². The molecule has 4 N–H and O–H groups in total. The van der Waals surface area contributed by atoms with Gasteiger partial charge < -0.3 is 54.9 Å². The van der Waals surface area contributed by atoms with E-state index in [4.69, 9.17) is 19.2 Å². The van der Waals surface area contributed by atoms with Crippen molar-refractivity contribution in [2.45, 2.75) is 83.9 Å². The van der Waals surface area contributed by atoms with Gasteiger partial charge in [-0.2, -0.15) is 0 Å². The van der Waals surface area contributed by atoms with Gasteiger partial charge in [-0.25, -0.2) is 0 Å². The third kappa shape index (κ3) is 14.9. The third-order valence-electron chi connectivity index (χ3n) is 13.4. The molecule has 6 amide bonds. The molecule has 5 aromatic rings. The van der Waals surface area contributed by atoms with Crippen LogP contribution in [0.4, 0.5) is 0 Å². The first-order chi connectivity index (χ1) is 38.7. The van der Waals surface area contributed by atoms with Crippen LogP contribution in [0.5, 0.6) is 0 Å². The summed E-state index contributed by atoms with van der Waals surface area (Å²) in [5, 5.41) is 11.1. The average molecular weight is 1110 g/mol. The number of nitrogens with zero attached hydrogens (tertiary/aromatic N) is 6. The first-order valence-electron chi connectivity index (χ1n) is 26.9. The summed E-state index contributed by atoms with van der Waals surface area (Å²) in [4.78, 5) is 159. The molecule has 0 aliphatic carbocycles. The topological polar surface area (TPSA) is 282 Å². The van der Waals surface area contributed by atoms with Crippen molar-refractivity contribution < 1.29 is 48.0 Å². The Morgan fingerprint density at radius 3 is 1.51 bits per heavy atom. The Hall–Kier alpha value is -8.80. The number of pyridine rings is 4. The molecule has 8 heterocycles. The SMILES string of the molecule is CCCCOn1c2ccc(c1=O)C(=O)NCCCN(C(=O)c1cccc(=O)n1C)CCCCN(C(=O)c1cccc(=O)n1OCc1ccccc1)CCCNC(=O)c1ccc(n(OCCCC)c1=O)C(=O)N[C@@H]1COC[C@@H]1NC2=O. The smallest absolute Gasteiger partial charge is 0.296 e. The number of unbranched alkanes of at least 4 members (excludes halogenated alkanes) is 2. The lowest BCUT2D eigenvalue weighted by Crippen LogP contribution is -2.52. The molecule has 1 saturated heterocycles. The Kier molecular flexibility index (Phi) is 21.1. The summed E-state index contributed by atoms with van der Waals surface area (Å²) in [6.45, 7) is 4.09. The van der Waals surface area contributed by atoms with Gasteiger partial charge in [0.2, 0.25) is 0 Å². The molecule has 80 heavy (non-hydrogen) atoms. The van der Waals surface area contributed by atoms with Gasteiger partial charge >= 0.3 is 0 Å². The fraction of sp³-hybridized carbons (Fsp3) is 0.429. The molecule has 0 unspecified atom stereocenters. The van der Waals surface area contributed by atoms with E-state index in [0.29, 0.717) is 38.5 Å². The molecule has 0 saturated carbocycles. The zero-order valence-corrected chi connectivity index (χ0v) is 45.1. The zero-order chi connectivity index (χ0) is 57.1. The minimum Gasteiger partial charge on any atom is -0.410 e. The number of carbonyl (C=O) groups excluding carboxylic acids is 6. The normalized spacial score (nSPS) is 17.1. The van der Waals surface area contributed by atoms with Crippen molar-refractivity contribution in [3.63, 3.8) is 0 Å². The average Bonchev–Trinajstić information content (AvgIpc) is 3.92. The Morgan fingerprint density at radius 1 is 0.525 bits per heavy atom. The molecule has 426 valence electrons. The number of nitrogens with one attached hydrogen (secondary N) is 4. The van der Waals surface area contributed by atoms with E-state index in [-0.39, 0.29) is 119 Å². The molecule has 4 aromatic heterocycles. The summed E-state index contributed by atoms with van der Waals surface area (Å²) < 4.78 is 9.32. The molecule has 1 fully saturated rings. The number of rotatable bonds is 13. The molecular weight excluding hydrogens is 1040 g/mol. The van der Waals surface area contributed by atoms with Gasteiger partial charge in [0.25, 0.3) is 57.7 Å². The van der Waals surface area contributed by atoms with Crippen molar-refractivity contribution >= 4 is 35.4 Å². The van der Waals surface area contributed by atoms with E-state index in [2.05, 4.69) is 21.3 Å². The highest BCUT2D eigenvalue weighted by Crippen LogP contribution is 2.13. The van der Waals surface area contributed by atoms with Crippen molar-refractivity contribution in [3.8, 4) is 0 Å². The van der Waals surface area contributed by atoms with Gasteiger partial charge in [0.1, 0.15) is 53.7 Å². The Balaban J connectivity index is 1.20. The van der Waals surface area contributed by atoms with E-state index in [0.717, 1.165) is 19.8 Å². The van der Waals surface area contributed by atoms with Gasteiger partial charge in [-0.05, 0) is 80.5 Å². The van der Waals surface area contributed by atoms with Crippen LogP contribution in [-0.4, -0.2) is 142 Å². The van der Waals surface area contributed by atoms with E-state index in [1.54, 1.807) is 0 Å². The molecule has 2 atom stereocenters. The number of hydrogen-bond donors (Lipinski definition) is 4. The molecule has 9 rings (SSSR count). The monoisotopic (exact) mass is 1100 g/mol. The zero-order valence-electron chi connectivity index (χ0n) is 45.1. The molecule has 4 aliphatic rings. The van der Waals surface area contributed by atoms with Gasteiger partial charge in [0, 0.05) is 58.4 Å².